The smallest absolute Gasteiger partial charge is 0.295 e. The zero-order chi connectivity index (χ0) is 24.1. The summed E-state index contributed by atoms with van der Waals surface area (Å²) in [5, 5.41) is 21.0. The Morgan fingerprint density at radius 2 is 1.70 bits per heavy atom. The first-order chi connectivity index (χ1) is 15.9. The molecule has 1 amide bonds. The van der Waals surface area contributed by atoms with Gasteiger partial charge in [0, 0.05) is 19.2 Å². The molecule has 2 aromatic carbocycles. The van der Waals surface area contributed by atoms with E-state index < -0.39 is 17.7 Å². The fourth-order valence-electron chi connectivity index (χ4n) is 4.04. The molecule has 1 atom stereocenters. The fourth-order valence-corrected chi connectivity index (χ4v) is 4.04. The Labute approximate surface area is 193 Å². The number of hydrogen-bond acceptors (Lipinski definition) is 7. The number of aromatic hydroxyl groups is 1. The second-order valence-corrected chi connectivity index (χ2v) is 7.68. The molecule has 1 aliphatic heterocycles. The lowest BCUT2D eigenvalue weighted by Gasteiger charge is -2.28. The third-order valence-electron chi connectivity index (χ3n) is 5.96. The Morgan fingerprint density at radius 3 is 2.27 bits per heavy atom. The predicted octanol–water partition coefficient (Wildman–Crippen LogP) is 3.17. The van der Waals surface area contributed by atoms with Crippen molar-refractivity contribution >= 4 is 17.4 Å². The Bertz CT molecular complexity index is 1040. The summed E-state index contributed by atoms with van der Waals surface area (Å²) < 4.78 is 10.6. The molecule has 1 unspecified atom stereocenters. The maximum Gasteiger partial charge on any atom is 0.295 e. The summed E-state index contributed by atoms with van der Waals surface area (Å²) in [6, 6.07) is 10.3. The van der Waals surface area contributed by atoms with Crippen molar-refractivity contribution < 1.29 is 29.3 Å². The minimum absolute atomic E-state index is 0.0197. The van der Waals surface area contributed by atoms with Gasteiger partial charge in [-0.25, -0.2) is 0 Å². The number of hydrogen-bond donors (Lipinski definition) is 2. The molecular weight excluding hydrogens is 424 g/mol. The largest absolute Gasteiger partial charge is 0.508 e. The predicted molar refractivity (Wildman–Crippen MR) is 124 cm³/mol. The molecule has 0 spiro atoms. The Balaban J connectivity index is 2.14. The number of phenols is 1. The standard InChI is InChI=1S/C25H30N2O6/c1-5-26(6-2)13-14-27-22(16-7-9-17(28)10-8-16)21(24(30)25(27)31)23(29)19-12-11-18(32-3)15-20(19)33-4/h7-12,15,22,28-29H,5-6,13-14H2,1-4H3/b23-21-. The number of phenolic OH excluding ortho intramolecular Hbond substituents is 1. The number of ketones is 1. The van der Waals surface area contributed by atoms with Gasteiger partial charge in [-0.05, 0) is 42.9 Å². The minimum Gasteiger partial charge on any atom is -0.508 e. The van der Waals surface area contributed by atoms with Crippen LogP contribution >= 0.6 is 0 Å². The van der Waals surface area contributed by atoms with E-state index in [-0.39, 0.29) is 22.6 Å². The first-order valence-corrected chi connectivity index (χ1v) is 10.9. The van der Waals surface area contributed by atoms with Gasteiger partial charge in [0.15, 0.2) is 0 Å². The maximum atomic E-state index is 13.2. The van der Waals surface area contributed by atoms with Crippen molar-refractivity contribution in [1.82, 2.24) is 9.80 Å². The minimum atomic E-state index is -0.798. The average Bonchev–Trinajstić information content (AvgIpc) is 3.09. The molecule has 0 saturated carbocycles. The normalized spacial score (nSPS) is 17.6. The highest BCUT2D eigenvalue weighted by molar-refractivity contribution is 6.46. The Hall–Kier alpha value is -3.52. The van der Waals surface area contributed by atoms with Gasteiger partial charge in [-0.15, -0.1) is 0 Å². The number of carbonyl (C=O) groups excluding carboxylic acids is 2. The molecule has 0 radical (unpaired) electrons. The van der Waals surface area contributed by atoms with Gasteiger partial charge in [-0.1, -0.05) is 26.0 Å². The summed E-state index contributed by atoms with van der Waals surface area (Å²) in [6.45, 7) is 6.59. The SMILES string of the molecule is CCN(CC)CCN1C(=O)C(=O)/C(=C(\O)c2ccc(OC)cc2OC)C1c1ccc(O)cc1. The van der Waals surface area contributed by atoms with E-state index in [2.05, 4.69) is 4.90 Å². The number of Topliss-reactive ketones (excluding diaryl/α,β-unsaturated/α-hetero) is 1. The number of methoxy groups -OCH3 is 2. The van der Waals surface area contributed by atoms with Gasteiger partial charge in [0.2, 0.25) is 0 Å². The highest BCUT2D eigenvalue weighted by Gasteiger charge is 2.46. The van der Waals surface area contributed by atoms with Crippen LogP contribution in [0.1, 0.15) is 31.0 Å². The van der Waals surface area contributed by atoms with Crippen LogP contribution in [0.15, 0.2) is 48.0 Å². The van der Waals surface area contributed by atoms with E-state index >= 15 is 0 Å². The van der Waals surface area contributed by atoms with Crippen LogP contribution in [-0.2, 0) is 9.59 Å². The lowest BCUT2D eigenvalue weighted by molar-refractivity contribution is -0.140. The number of likely N-dealkylation sites (N-methyl/N-ethyl adjacent to an activating group) is 1. The molecule has 2 N–H and O–H groups in total. The van der Waals surface area contributed by atoms with Gasteiger partial charge < -0.3 is 29.5 Å². The van der Waals surface area contributed by atoms with E-state index in [1.807, 2.05) is 13.8 Å². The molecular formula is C25H30N2O6. The molecule has 0 bridgehead atoms. The number of nitrogens with zero attached hydrogens (tertiary/aromatic N) is 2. The zero-order valence-electron chi connectivity index (χ0n) is 19.4. The van der Waals surface area contributed by atoms with Crippen molar-refractivity contribution in [3.05, 3.63) is 59.2 Å². The Morgan fingerprint density at radius 1 is 1.03 bits per heavy atom. The summed E-state index contributed by atoms with van der Waals surface area (Å²) in [6.07, 6.45) is 0. The van der Waals surface area contributed by atoms with Crippen LogP contribution < -0.4 is 9.47 Å². The van der Waals surface area contributed by atoms with Crippen LogP contribution in [0.5, 0.6) is 17.2 Å². The number of aliphatic hydroxyl groups is 1. The van der Waals surface area contributed by atoms with Crippen molar-refractivity contribution in [2.75, 3.05) is 40.4 Å². The van der Waals surface area contributed by atoms with Gasteiger partial charge in [0.1, 0.15) is 23.0 Å². The van der Waals surface area contributed by atoms with Gasteiger partial charge in [-0.3, -0.25) is 9.59 Å². The highest BCUT2D eigenvalue weighted by atomic mass is 16.5. The first kappa shape index (κ1) is 24.1. The summed E-state index contributed by atoms with van der Waals surface area (Å²) in [7, 11) is 2.96. The molecule has 8 nitrogen and oxygen atoms in total. The average molecular weight is 455 g/mol. The molecule has 0 aromatic heterocycles. The van der Waals surface area contributed by atoms with Crippen molar-refractivity contribution in [1.29, 1.82) is 0 Å². The van der Waals surface area contributed by atoms with Crippen LogP contribution in [-0.4, -0.2) is 72.1 Å². The van der Waals surface area contributed by atoms with Gasteiger partial charge in [0.25, 0.3) is 11.7 Å². The molecule has 1 saturated heterocycles. The number of ether oxygens (including phenoxy) is 2. The van der Waals surface area contributed by atoms with E-state index in [1.165, 1.54) is 31.3 Å². The first-order valence-electron chi connectivity index (χ1n) is 10.9. The van der Waals surface area contributed by atoms with Crippen molar-refractivity contribution in [2.45, 2.75) is 19.9 Å². The molecule has 2 aromatic rings. The lowest BCUT2D eigenvalue weighted by Crippen LogP contribution is -2.38. The van der Waals surface area contributed by atoms with Crippen LogP contribution in [0, 0.1) is 0 Å². The van der Waals surface area contributed by atoms with E-state index in [0.717, 1.165) is 13.1 Å². The fraction of sp³-hybridized carbons (Fsp3) is 0.360. The summed E-state index contributed by atoms with van der Waals surface area (Å²) in [4.78, 5) is 29.8. The molecule has 8 heteroatoms. The van der Waals surface area contributed by atoms with E-state index in [1.54, 1.807) is 30.3 Å². The number of amides is 1. The maximum absolute atomic E-state index is 13.2. The summed E-state index contributed by atoms with van der Waals surface area (Å²) >= 11 is 0. The van der Waals surface area contributed by atoms with Crippen LogP contribution in [0.25, 0.3) is 5.76 Å². The van der Waals surface area contributed by atoms with Crippen molar-refractivity contribution in [3.63, 3.8) is 0 Å². The number of aliphatic hydroxyl groups excluding tert-OH is 1. The van der Waals surface area contributed by atoms with E-state index in [0.29, 0.717) is 30.2 Å². The van der Waals surface area contributed by atoms with Crippen LogP contribution in [0.3, 0.4) is 0 Å². The molecule has 176 valence electrons. The molecule has 1 fully saturated rings. The van der Waals surface area contributed by atoms with E-state index in [9.17, 15) is 19.8 Å². The second kappa shape index (κ2) is 10.4. The highest BCUT2D eigenvalue weighted by Crippen LogP contribution is 2.41. The zero-order valence-corrected chi connectivity index (χ0v) is 19.4. The molecule has 0 aliphatic carbocycles. The number of carbonyl (C=O) groups is 2. The molecule has 1 aliphatic rings. The van der Waals surface area contributed by atoms with Gasteiger partial charge >= 0.3 is 0 Å². The van der Waals surface area contributed by atoms with Crippen molar-refractivity contribution in [2.24, 2.45) is 0 Å². The van der Waals surface area contributed by atoms with E-state index in [4.69, 9.17) is 9.47 Å². The molecule has 33 heavy (non-hydrogen) atoms. The van der Waals surface area contributed by atoms with Gasteiger partial charge in [0.05, 0.1) is 31.4 Å². The molecule has 1 heterocycles. The number of rotatable bonds is 9. The Kier molecular flexibility index (Phi) is 7.60. The lowest BCUT2D eigenvalue weighted by atomic mass is 9.95. The monoisotopic (exact) mass is 454 g/mol. The second-order valence-electron chi connectivity index (χ2n) is 7.68. The third kappa shape index (κ3) is 4.80. The van der Waals surface area contributed by atoms with Crippen LogP contribution in [0.4, 0.5) is 0 Å². The van der Waals surface area contributed by atoms with Crippen LogP contribution in [0.2, 0.25) is 0 Å². The summed E-state index contributed by atoms with van der Waals surface area (Å²) in [5.74, 6) is -0.854. The van der Waals surface area contributed by atoms with Crippen molar-refractivity contribution in [3.8, 4) is 17.2 Å². The van der Waals surface area contributed by atoms with Gasteiger partial charge in [-0.2, -0.15) is 0 Å². The molecule has 3 rings (SSSR count). The number of likely N-dealkylation sites (tertiary alicyclic amines) is 1. The summed E-state index contributed by atoms with van der Waals surface area (Å²) in [5.41, 5.74) is 0.873. The topological polar surface area (TPSA) is 99.5 Å². The number of benzene rings is 2. The quantitative estimate of drug-likeness (QED) is 0.341. The third-order valence-corrected chi connectivity index (χ3v) is 5.96.